The molecule has 2 aliphatic heterocycles. The number of ether oxygens (including phenoxy) is 2. The van der Waals surface area contributed by atoms with Crippen molar-refractivity contribution in [1.29, 1.82) is 0 Å². The molecule has 26 heavy (non-hydrogen) atoms. The van der Waals surface area contributed by atoms with E-state index in [9.17, 15) is 9.59 Å². The zero-order chi connectivity index (χ0) is 18.6. The Balaban J connectivity index is 1.51. The van der Waals surface area contributed by atoms with Crippen molar-refractivity contribution in [2.45, 2.75) is 32.0 Å². The van der Waals surface area contributed by atoms with Crippen molar-refractivity contribution in [3.63, 3.8) is 0 Å². The van der Waals surface area contributed by atoms with Crippen LogP contribution < -0.4 is 0 Å². The van der Waals surface area contributed by atoms with E-state index in [1.54, 1.807) is 9.80 Å². The number of carbonyl (C=O) groups excluding carboxylic acids is 2. The van der Waals surface area contributed by atoms with Gasteiger partial charge >= 0.3 is 0 Å². The molecule has 2 heterocycles. The number of carbonyl (C=O) groups is 2. The molecule has 6 nitrogen and oxygen atoms in total. The van der Waals surface area contributed by atoms with Crippen LogP contribution in [0.3, 0.4) is 0 Å². The van der Waals surface area contributed by atoms with Crippen molar-refractivity contribution in [3.05, 3.63) is 34.9 Å². The molecule has 0 aliphatic carbocycles. The fourth-order valence-electron chi connectivity index (χ4n) is 3.45. The summed E-state index contributed by atoms with van der Waals surface area (Å²) < 4.78 is 11.4. The zero-order valence-corrected chi connectivity index (χ0v) is 15.8. The van der Waals surface area contributed by atoms with E-state index in [1.165, 1.54) is 6.92 Å². The summed E-state index contributed by atoms with van der Waals surface area (Å²) in [7, 11) is 0. The first-order chi connectivity index (χ1) is 12.5. The van der Waals surface area contributed by atoms with Gasteiger partial charge in [-0.05, 0) is 24.1 Å². The zero-order valence-electron chi connectivity index (χ0n) is 15.1. The van der Waals surface area contributed by atoms with Gasteiger partial charge in [0, 0.05) is 44.4 Å². The van der Waals surface area contributed by atoms with E-state index in [2.05, 4.69) is 0 Å². The van der Waals surface area contributed by atoms with Crippen LogP contribution in [0, 0.1) is 0 Å². The normalized spacial score (nSPS) is 18.9. The summed E-state index contributed by atoms with van der Waals surface area (Å²) in [6.07, 6.45) is 2.03. The summed E-state index contributed by atoms with van der Waals surface area (Å²) in [5.41, 5.74) is 1.05. The molecule has 7 heteroatoms. The van der Waals surface area contributed by atoms with Crippen molar-refractivity contribution >= 4 is 23.4 Å². The van der Waals surface area contributed by atoms with Crippen LogP contribution in [0.15, 0.2) is 24.3 Å². The molecular weight excluding hydrogens is 356 g/mol. The molecule has 0 atom stereocenters. The van der Waals surface area contributed by atoms with Gasteiger partial charge in [0.1, 0.15) is 0 Å². The first-order valence-electron chi connectivity index (χ1n) is 9.03. The molecule has 0 saturated carbocycles. The number of amides is 2. The Hall–Kier alpha value is -1.63. The molecule has 1 aromatic rings. The monoisotopic (exact) mass is 380 g/mol. The fraction of sp³-hybridized carbons (Fsp3) is 0.579. The average Bonchev–Trinajstić information content (AvgIpc) is 3.07. The number of hydrogen-bond acceptors (Lipinski definition) is 4. The van der Waals surface area contributed by atoms with Crippen LogP contribution in [0.5, 0.6) is 0 Å². The lowest BCUT2D eigenvalue weighted by Crippen LogP contribution is -2.50. The summed E-state index contributed by atoms with van der Waals surface area (Å²) >= 11 is 6.00. The van der Waals surface area contributed by atoms with Gasteiger partial charge in [-0.15, -0.1) is 0 Å². The second kappa shape index (κ2) is 8.37. The van der Waals surface area contributed by atoms with Gasteiger partial charge in [0.05, 0.1) is 19.8 Å². The van der Waals surface area contributed by atoms with Gasteiger partial charge in [0.2, 0.25) is 11.8 Å². The smallest absolute Gasteiger partial charge is 0.242 e. The van der Waals surface area contributed by atoms with Crippen LogP contribution in [0.2, 0.25) is 5.02 Å². The van der Waals surface area contributed by atoms with Gasteiger partial charge in [-0.3, -0.25) is 9.59 Å². The summed E-state index contributed by atoms with van der Waals surface area (Å²) in [5.74, 6) is -0.626. The molecule has 142 valence electrons. The second-order valence-electron chi connectivity index (χ2n) is 6.81. The Kier molecular flexibility index (Phi) is 6.16. The van der Waals surface area contributed by atoms with E-state index < -0.39 is 5.79 Å². The minimum atomic E-state index is -0.496. The van der Waals surface area contributed by atoms with Crippen LogP contribution in [0.25, 0.3) is 0 Å². The Labute approximate surface area is 159 Å². The third-order valence-electron chi connectivity index (χ3n) is 5.02. The number of hydrogen-bond donors (Lipinski definition) is 0. The number of benzene rings is 1. The van der Waals surface area contributed by atoms with Gasteiger partial charge in [-0.25, -0.2) is 0 Å². The van der Waals surface area contributed by atoms with Crippen molar-refractivity contribution in [3.8, 4) is 0 Å². The Bertz CT molecular complexity index is 651. The Morgan fingerprint density at radius 1 is 1.23 bits per heavy atom. The van der Waals surface area contributed by atoms with Gasteiger partial charge in [0.25, 0.3) is 0 Å². The summed E-state index contributed by atoms with van der Waals surface area (Å²) in [6, 6.07) is 7.56. The molecule has 0 radical (unpaired) electrons. The molecule has 1 aromatic carbocycles. The maximum absolute atomic E-state index is 12.6. The standard InChI is InChI=1S/C19H25ClN2O4/c1-15(23)22(8-5-16-3-2-4-17(20)13-16)14-18(24)21-9-6-19(7-10-21)25-11-12-26-19/h2-4,13H,5-12,14H2,1H3. The number of rotatable bonds is 5. The van der Waals surface area contributed by atoms with Crippen molar-refractivity contribution in [1.82, 2.24) is 9.80 Å². The Morgan fingerprint density at radius 3 is 2.54 bits per heavy atom. The number of likely N-dealkylation sites (tertiary alicyclic amines) is 1. The average molecular weight is 381 g/mol. The van der Waals surface area contributed by atoms with Gasteiger partial charge in [-0.2, -0.15) is 0 Å². The maximum Gasteiger partial charge on any atom is 0.242 e. The largest absolute Gasteiger partial charge is 0.347 e. The van der Waals surface area contributed by atoms with Crippen molar-refractivity contribution in [2.24, 2.45) is 0 Å². The lowest BCUT2D eigenvalue weighted by Gasteiger charge is -2.38. The summed E-state index contributed by atoms with van der Waals surface area (Å²) in [5, 5.41) is 0.673. The van der Waals surface area contributed by atoms with Crippen molar-refractivity contribution < 1.29 is 19.1 Å². The highest BCUT2D eigenvalue weighted by atomic mass is 35.5. The first-order valence-corrected chi connectivity index (χ1v) is 9.41. The van der Waals surface area contributed by atoms with E-state index in [0.717, 1.165) is 5.56 Å². The molecule has 2 amide bonds. The molecule has 3 rings (SSSR count). The molecule has 0 unspecified atom stereocenters. The van der Waals surface area contributed by atoms with Crippen LogP contribution in [-0.4, -0.2) is 66.8 Å². The van der Waals surface area contributed by atoms with Crippen LogP contribution in [-0.2, 0) is 25.5 Å². The predicted molar refractivity (Wildman–Crippen MR) is 97.9 cm³/mol. The Morgan fingerprint density at radius 2 is 1.92 bits per heavy atom. The van der Waals surface area contributed by atoms with E-state index in [-0.39, 0.29) is 18.4 Å². The third-order valence-corrected chi connectivity index (χ3v) is 5.26. The van der Waals surface area contributed by atoms with Crippen LogP contribution >= 0.6 is 11.6 Å². The van der Waals surface area contributed by atoms with E-state index >= 15 is 0 Å². The molecule has 1 spiro atoms. The third kappa shape index (κ3) is 4.75. The molecule has 0 bridgehead atoms. The first kappa shape index (κ1) is 19.1. The molecule has 2 saturated heterocycles. The SMILES string of the molecule is CC(=O)N(CCc1cccc(Cl)c1)CC(=O)N1CCC2(CC1)OCCO2. The summed E-state index contributed by atoms with van der Waals surface area (Å²) in [4.78, 5) is 27.9. The minimum absolute atomic E-state index is 0.0286. The maximum atomic E-state index is 12.6. The topological polar surface area (TPSA) is 59.1 Å². The van der Waals surface area contributed by atoms with Crippen LogP contribution in [0.1, 0.15) is 25.3 Å². The quantitative estimate of drug-likeness (QED) is 0.784. The lowest BCUT2D eigenvalue weighted by atomic mass is 10.0. The minimum Gasteiger partial charge on any atom is -0.347 e. The number of nitrogens with zero attached hydrogens (tertiary/aromatic N) is 2. The predicted octanol–water partition coefficient (Wildman–Crippen LogP) is 2.10. The van der Waals surface area contributed by atoms with Crippen molar-refractivity contribution in [2.75, 3.05) is 39.4 Å². The van der Waals surface area contributed by atoms with Crippen LogP contribution in [0.4, 0.5) is 0 Å². The van der Waals surface area contributed by atoms with Gasteiger partial charge in [0.15, 0.2) is 5.79 Å². The highest BCUT2D eigenvalue weighted by molar-refractivity contribution is 6.30. The molecule has 0 aromatic heterocycles. The van der Waals surface area contributed by atoms with E-state index in [1.807, 2.05) is 24.3 Å². The lowest BCUT2D eigenvalue weighted by molar-refractivity contribution is -0.187. The number of halogens is 1. The van der Waals surface area contributed by atoms with Gasteiger partial charge < -0.3 is 19.3 Å². The fourth-order valence-corrected chi connectivity index (χ4v) is 3.66. The molecule has 2 aliphatic rings. The summed E-state index contributed by atoms with van der Waals surface area (Å²) in [6.45, 7) is 4.52. The molecule has 0 N–H and O–H groups in total. The second-order valence-corrected chi connectivity index (χ2v) is 7.25. The van der Waals surface area contributed by atoms with E-state index in [4.69, 9.17) is 21.1 Å². The van der Waals surface area contributed by atoms with Gasteiger partial charge in [-0.1, -0.05) is 23.7 Å². The molecular formula is C19H25ClN2O4. The highest BCUT2D eigenvalue weighted by Crippen LogP contribution is 2.31. The molecule has 2 fully saturated rings. The highest BCUT2D eigenvalue weighted by Gasteiger charge is 2.40. The van der Waals surface area contributed by atoms with E-state index in [0.29, 0.717) is 57.1 Å². The number of piperidine rings is 1.